The summed E-state index contributed by atoms with van der Waals surface area (Å²) in [4.78, 5) is 0. The highest BCUT2D eigenvalue weighted by atomic mass is 16.7. The minimum absolute atomic E-state index is 0.150. The molecule has 0 radical (unpaired) electrons. The van der Waals surface area contributed by atoms with E-state index in [0.29, 0.717) is 25.0 Å². The summed E-state index contributed by atoms with van der Waals surface area (Å²) in [5.41, 5.74) is 5.83. The van der Waals surface area contributed by atoms with Gasteiger partial charge in [0.05, 0.1) is 13.2 Å². The van der Waals surface area contributed by atoms with Crippen LogP contribution in [0.15, 0.2) is 71.8 Å². The number of allylic oxidation sites excluding steroid dienone is 4. The molecule has 0 amide bonds. The summed E-state index contributed by atoms with van der Waals surface area (Å²) in [5, 5.41) is 0. The van der Waals surface area contributed by atoms with Gasteiger partial charge in [0.2, 0.25) is 0 Å². The number of hydrogen-bond acceptors (Lipinski definition) is 2. The highest BCUT2D eigenvalue weighted by Crippen LogP contribution is 2.50. The lowest BCUT2D eigenvalue weighted by Crippen LogP contribution is -2.41. The van der Waals surface area contributed by atoms with Crippen molar-refractivity contribution in [3.8, 4) is 48.4 Å². The van der Waals surface area contributed by atoms with Crippen LogP contribution in [-0.4, -0.2) is 19.0 Å². The van der Waals surface area contributed by atoms with E-state index in [1.807, 2.05) is 48.5 Å². The minimum Gasteiger partial charge on any atom is -0.350 e. The van der Waals surface area contributed by atoms with Crippen molar-refractivity contribution >= 4 is 0 Å². The van der Waals surface area contributed by atoms with E-state index in [1.54, 1.807) is 0 Å². The van der Waals surface area contributed by atoms with Crippen molar-refractivity contribution in [1.29, 1.82) is 0 Å². The molecule has 2 bridgehead atoms. The lowest BCUT2D eigenvalue weighted by atomic mass is 9.60. The van der Waals surface area contributed by atoms with E-state index in [0.717, 1.165) is 46.2 Å². The third kappa shape index (κ3) is 4.83. The van der Waals surface area contributed by atoms with Gasteiger partial charge in [0.15, 0.2) is 5.79 Å². The fourth-order valence-electron chi connectivity index (χ4n) is 6.31. The quantitative estimate of drug-likeness (QED) is 0.412. The maximum Gasteiger partial charge on any atom is 0.168 e. The number of benzene rings is 2. The van der Waals surface area contributed by atoms with Crippen molar-refractivity contribution in [2.75, 3.05) is 13.2 Å². The van der Waals surface area contributed by atoms with Gasteiger partial charge in [-0.15, -0.1) is 12.8 Å². The Kier molecular flexibility index (Phi) is 6.71. The van der Waals surface area contributed by atoms with Crippen LogP contribution in [0, 0.1) is 72.0 Å². The van der Waals surface area contributed by atoms with Crippen molar-refractivity contribution in [3.63, 3.8) is 0 Å². The molecule has 1 saturated carbocycles. The van der Waals surface area contributed by atoms with Crippen molar-refractivity contribution in [3.05, 3.63) is 94.1 Å². The van der Waals surface area contributed by atoms with Gasteiger partial charge < -0.3 is 9.47 Å². The minimum atomic E-state index is -0.419. The number of terminal acetylenes is 2. The van der Waals surface area contributed by atoms with E-state index in [1.165, 1.54) is 19.3 Å². The van der Waals surface area contributed by atoms with Gasteiger partial charge in [0.1, 0.15) is 0 Å². The molecule has 1 spiro atoms. The van der Waals surface area contributed by atoms with Gasteiger partial charge in [0, 0.05) is 58.1 Å². The average molecular weight is 495 g/mol. The summed E-state index contributed by atoms with van der Waals surface area (Å²) >= 11 is 0. The fraction of sp³-hybridized carbons (Fsp3) is 0.333. The van der Waals surface area contributed by atoms with Crippen LogP contribution >= 0.6 is 0 Å². The standard InChI is InChI=1S/C36H30O2/c1-3-26-10-8-12-28(20-26)14-16-30-22-33-31(17-15-29-13-9-11-27(4-2)21-29)23-32(30)34-24-37-36(38-25-35(33)34)18-6-5-7-19-36/h1-2,8-13,20-23,32-35H,5-7,18-19,24-25H2/t32-,33-,34?,35?/m1/s1. The summed E-state index contributed by atoms with van der Waals surface area (Å²) in [6.45, 7) is 1.39. The number of hydrogen-bond donors (Lipinski definition) is 0. The predicted molar refractivity (Wildman–Crippen MR) is 150 cm³/mol. The maximum absolute atomic E-state index is 6.58. The Balaban J connectivity index is 1.33. The zero-order chi connectivity index (χ0) is 26.0. The second-order valence-corrected chi connectivity index (χ2v) is 10.7. The zero-order valence-corrected chi connectivity index (χ0v) is 21.5. The zero-order valence-electron chi connectivity index (χ0n) is 21.5. The molecule has 5 aliphatic rings. The van der Waals surface area contributed by atoms with Crippen molar-refractivity contribution in [2.24, 2.45) is 23.7 Å². The van der Waals surface area contributed by atoms with Gasteiger partial charge in [-0.1, -0.05) is 66.2 Å². The molecule has 1 aliphatic heterocycles. The van der Waals surface area contributed by atoms with Gasteiger partial charge in [-0.25, -0.2) is 0 Å². The van der Waals surface area contributed by atoms with E-state index < -0.39 is 5.79 Å². The van der Waals surface area contributed by atoms with Gasteiger partial charge >= 0.3 is 0 Å². The Hall–Kier alpha value is -3.92. The Morgan fingerprint density at radius 1 is 0.632 bits per heavy atom. The molecule has 2 aromatic rings. The Bertz CT molecular complexity index is 1400. The van der Waals surface area contributed by atoms with Crippen molar-refractivity contribution < 1.29 is 9.47 Å². The van der Waals surface area contributed by atoms with Crippen molar-refractivity contribution in [1.82, 2.24) is 0 Å². The Morgan fingerprint density at radius 3 is 1.58 bits per heavy atom. The molecule has 1 heterocycles. The topological polar surface area (TPSA) is 18.5 Å². The molecule has 2 aromatic carbocycles. The second kappa shape index (κ2) is 10.4. The summed E-state index contributed by atoms with van der Waals surface area (Å²) in [5.74, 6) is 19.6. The summed E-state index contributed by atoms with van der Waals surface area (Å²) in [6, 6.07) is 15.7. The van der Waals surface area contributed by atoms with Crippen LogP contribution in [0.4, 0.5) is 0 Å². The van der Waals surface area contributed by atoms with Crippen LogP contribution in [0.1, 0.15) is 54.4 Å². The van der Waals surface area contributed by atoms with E-state index in [-0.39, 0.29) is 11.8 Å². The molecule has 2 fully saturated rings. The van der Waals surface area contributed by atoms with Gasteiger partial charge in [-0.05, 0) is 61.1 Å². The molecule has 0 aromatic heterocycles. The largest absolute Gasteiger partial charge is 0.350 e. The van der Waals surface area contributed by atoms with E-state index >= 15 is 0 Å². The molecule has 4 atom stereocenters. The first-order valence-corrected chi connectivity index (χ1v) is 13.6. The first-order chi connectivity index (χ1) is 18.7. The smallest absolute Gasteiger partial charge is 0.168 e. The van der Waals surface area contributed by atoms with E-state index in [9.17, 15) is 0 Å². The van der Waals surface area contributed by atoms with Crippen LogP contribution in [0.2, 0.25) is 0 Å². The monoisotopic (exact) mass is 494 g/mol. The predicted octanol–water partition coefficient (Wildman–Crippen LogP) is 6.10. The van der Waals surface area contributed by atoms with Crippen LogP contribution in [0.25, 0.3) is 0 Å². The van der Waals surface area contributed by atoms with E-state index in [2.05, 4.69) is 47.7 Å². The molecule has 186 valence electrons. The first-order valence-electron chi connectivity index (χ1n) is 13.6. The molecule has 7 rings (SSSR count). The highest BCUT2D eigenvalue weighted by molar-refractivity contribution is 5.54. The molecular formula is C36H30O2. The van der Waals surface area contributed by atoms with Crippen LogP contribution in [0.5, 0.6) is 0 Å². The van der Waals surface area contributed by atoms with Gasteiger partial charge in [-0.2, -0.15) is 0 Å². The normalized spacial score (nSPS) is 26.6. The molecule has 2 unspecified atom stereocenters. The lowest BCUT2D eigenvalue weighted by molar-refractivity contribution is -0.244. The number of ether oxygens (including phenoxy) is 2. The SMILES string of the molecule is C#Cc1cccc(C#CC2=C[C@@H]3C(C#Cc4cccc(C#C)c4)=C[C@H]2C2COC4(CCCCC4)OCC23)c1. The van der Waals surface area contributed by atoms with Gasteiger partial charge in [0.25, 0.3) is 0 Å². The van der Waals surface area contributed by atoms with E-state index in [4.69, 9.17) is 22.3 Å². The van der Waals surface area contributed by atoms with Gasteiger partial charge in [-0.3, -0.25) is 0 Å². The fourth-order valence-corrected chi connectivity index (χ4v) is 6.31. The third-order valence-corrected chi connectivity index (χ3v) is 8.36. The average Bonchev–Trinajstić information content (AvgIpc) is 3.16. The molecule has 2 nitrogen and oxygen atoms in total. The number of rotatable bonds is 0. The van der Waals surface area contributed by atoms with Crippen LogP contribution < -0.4 is 0 Å². The molecule has 4 aliphatic carbocycles. The lowest BCUT2D eigenvalue weighted by Gasteiger charge is -2.43. The van der Waals surface area contributed by atoms with Crippen LogP contribution in [-0.2, 0) is 9.47 Å². The summed E-state index contributed by atoms with van der Waals surface area (Å²) in [7, 11) is 0. The Labute approximate surface area is 226 Å². The third-order valence-electron chi connectivity index (χ3n) is 8.36. The molecule has 1 saturated heterocycles. The second-order valence-electron chi connectivity index (χ2n) is 10.7. The molecule has 2 heteroatoms. The molecule has 0 N–H and O–H groups in total. The van der Waals surface area contributed by atoms with Crippen molar-refractivity contribution in [2.45, 2.75) is 37.9 Å². The summed E-state index contributed by atoms with van der Waals surface area (Å²) in [6.07, 6.45) is 21.4. The highest BCUT2D eigenvalue weighted by Gasteiger charge is 2.49. The molecule has 38 heavy (non-hydrogen) atoms. The van der Waals surface area contributed by atoms with Crippen LogP contribution in [0.3, 0.4) is 0 Å². The Morgan fingerprint density at radius 2 is 1.11 bits per heavy atom. The maximum atomic E-state index is 6.58. The summed E-state index contributed by atoms with van der Waals surface area (Å²) < 4.78 is 13.2. The first kappa shape index (κ1) is 24.4. The molecular weight excluding hydrogens is 464 g/mol.